The number of rotatable bonds is 6. The first-order valence-corrected chi connectivity index (χ1v) is 7.60. The van der Waals surface area contributed by atoms with Gasteiger partial charge in [-0.25, -0.2) is 0 Å². The number of nitrogens with two attached hydrogens (primary N) is 1. The molecule has 0 saturated carbocycles. The molecule has 2 N–H and O–H groups in total. The van der Waals surface area contributed by atoms with Gasteiger partial charge in [0.1, 0.15) is 0 Å². The smallest absolute Gasteiger partial charge is 0.0740 e. The molecule has 0 spiro atoms. The molecule has 19 heavy (non-hydrogen) atoms. The van der Waals surface area contributed by atoms with Crippen molar-refractivity contribution in [3.8, 4) is 0 Å². The van der Waals surface area contributed by atoms with Gasteiger partial charge in [0.05, 0.1) is 4.99 Å². The molecule has 104 valence electrons. The lowest BCUT2D eigenvalue weighted by Crippen LogP contribution is -2.33. The van der Waals surface area contributed by atoms with E-state index in [2.05, 4.69) is 36.9 Å². The van der Waals surface area contributed by atoms with Gasteiger partial charge in [-0.2, -0.15) is 0 Å². The normalized spacial score (nSPS) is 14.1. The minimum atomic E-state index is 0.516. The fourth-order valence-corrected chi connectivity index (χ4v) is 2.82. The quantitative estimate of drug-likeness (QED) is 0.810. The van der Waals surface area contributed by atoms with Crippen LogP contribution < -0.4 is 5.73 Å². The van der Waals surface area contributed by atoms with Crippen LogP contribution in [-0.2, 0) is 19.4 Å². The van der Waals surface area contributed by atoms with Gasteiger partial charge in [-0.05, 0) is 49.8 Å². The maximum Gasteiger partial charge on any atom is 0.0740 e. The molecule has 1 aliphatic rings. The van der Waals surface area contributed by atoms with E-state index in [9.17, 15) is 0 Å². The Bertz CT molecular complexity index is 454. The van der Waals surface area contributed by atoms with Gasteiger partial charge < -0.3 is 5.73 Å². The number of nitrogens with zero attached hydrogens (tertiary/aromatic N) is 1. The summed E-state index contributed by atoms with van der Waals surface area (Å²) in [5.74, 6) is 0. The van der Waals surface area contributed by atoms with Crippen LogP contribution in [0.2, 0.25) is 0 Å². The summed E-state index contributed by atoms with van der Waals surface area (Å²) in [5, 5.41) is 0. The van der Waals surface area contributed by atoms with Crippen LogP contribution in [0.15, 0.2) is 18.2 Å². The molecule has 0 fully saturated rings. The molecule has 0 aliphatic heterocycles. The zero-order chi connectivity index (χ0) is 13.8. The van der Waals surface area contributed by atoms with Crippen LogP contribution in [0.4, 0.5) is 0 Å². The van der Waals surface area contributed by atoms with E-state index in [1.165, 1.54) is 24.8 Å². The van der Waals surface area contributed by atoms with Crippen molar-refractivity contribution in [3.63, 3.8) is 0 Å². The molecule has 0 unspecified atom stereocenters. The zero-order valence-corrected chi connectivity index (χ0v) is 12.8. The lowest BCUT2D eigenvalue weighted by molar-refractivity contribution is 0.219. The van der Waals surface area contributed by atoms with Crippen LogP contribution in [-0.4, -0.2) is 22.5 Å². The van der Waals surface area contributed by atoms with E-state index in [4.69, 9.17) is 18.0 Å². The molecule has 3 heteroatoms. The van der Waals surface area contributed by atoms with Crippen molar-refractivity contribution in [2.24, 2.45) is 5.73 Å². The third kappa shape index (κ3) is 4.02. The Morgan fingerprint density at radius 1 is 1.32 bits per heavy atom. The van der Waals surface area contributed by atoms with Crippen LogP contribution in [0.25, 0.3) is 0 Å². The van der Waals surface area contributed by atoms with Crippen LogP contribution in [0.3, 0.4) is 0 Å². The fourth-order valence-electron chi connectivity index (χ4n) is 2.73. The lowest BCUT2D eigenvalue weighted by atomic mass is 10.1. The van der Waals surface area contributed by atoms with Gasteiger partial charge in [0.2, 0.25) is 0 Å². The molecular weight excluding hydrogens is 252 g/mol. The Morgan fingerprint density at radius 3 is 2.74 bits per heavy atom. The predicted molar refractivity (Wildman–Crippen MR) is 85.4 cm³/mol. The van der Waals surface area contributed by atoms with Crippen molar-refractivity contribution in [1.82, 2.24) is 4.90 Å². The minimum absolute atomic E-state index is 0.516. The lowest BCUT2D eigenvalue weighted by Gasteiger charge is -2.26. The van der Waals surface area contributed by atoms with Crippen molar-refractivity contribution in [2.45, 2.75) is 52.1 Å². The molecule has 0 saturated heterocycles. The second kappa shape index (κ2) is 6.49. The van der Waals surface area contributed by atoms with Gasteiger partial charge in [0.25, 0.3) is 0 Å². The van der Waals surface area contributed by atoms with E-state index >= 15 is 0 Å². The standard InChI is InChI=1S/C16H24N2S/c1-12(2)18(9-8-16(17)19)11-13-6-7-14-4-3-5-15(14)10-13/h6-7,10,12H,3-5,8-9,11H2,1-2H3,(H2,17,19). The van der Waals surface area contributed by atoms with Gasteiger partial charge in [0, 0.05) is 25.6 Å². The topological polar surface area (TPSA) is 29.3 Å². The second-order valence-corrected chi connectivity index (χ2v) is 6.26. The molecule has 2 rings (SSSR count). The van der Waals surface area contributed by atoms with Gasteiger partial charge in [-0.1, -0.05) is 30.4 Å². The maximum atomic E-state index is 5.61. The Kier molecular flexibility index (Phi) is 4.94. The molecular formula is C16H24N2S. The Hall–Kier alpha value is -0.930. The highest BCUT2D eigenvalue weighted by molar-refractivity contribution is 7.80. The molecule has 1 aromatic carbocycles. The minimum Gasteiger partial charge on any atom is -0.393 e. The van der Waals surface area contributed by atoms with Crippen molar-refractivity contribution in [2.75, 3.05) is 6.54 Å². The molecule has 0 atom stereocenters. The predicted octanol–water partition coefficient (Wildman–Crippen LogP) is 3.06. The van der Waals surface area contributed by atoms with Crippen molar-refractivity contribution >= 4 is 17.2 Å². The Labute approximate surface area is 122 Å². The van der Waals surface area contributed by atoms with E-state index < -0.39 is 0 Å². The number of thiocarbonyl (C=S) groups is 1. The molecule has 0 heterocycles. The van der Waals surface area contributed by atoms with Crippen molar-refractivity contribution in [3.05, 3.63) is 34.9 Å². The Morgan fingerprint density at radius 2 is 2.05 bits per heavy atom. The van der Waals surface area contributed by atoms with E-state index in [0.717, 1.165) is 19.5 Å². The first kappa shape index (κ1) is 14.5. The molecule has 1 aromatic rings. The summed E-state index contributed by atoms with van der Waals surface area (Å²) in [6.45, 7) is 6.40. The first-order chi connectivity index (χ1) is 9.06. The molecule has 2 nitrogen and oxygen atoms in total. The van der Waals surface area contributed by atoms with Crippen molar-refractivity contribution < 1.29 is 0 Å². The van der Waals surface area contributed by atoms with E-state index in [1.807, 2.05) is 0 Å². The summed E-state index contributed by atoms with van der Waals surface area (Å²) in [6.07, 6.45) is 4.62. The summed E-state index contributed by atoms with van der Waals surface area (Å²) in [5.41, 5.74) is 10.1. The van der Waals surface area contributed by atoms with Crippen molar-refractivity contribution in [1.29, 1.82) is 0 Å². The van der Waals surface area contributed by atoms with E-state index in [-0.39, 0.29) is 0 Å². The number of hydrogen-bond acceptors (Lipinski definition) is 2. The Balaban J connectivity index is 2.02. The van der Waals surface area contributed by atoms with Crippen LogP contribution in [0, 0.1) is 0 Å². The van der Waals surface area contributed by atoms with Crippen LogP contribution in [0.5, 0.6) is 0 Å². The average molecular weight is 276 g/mol. The number of fused-ring (bicyclic) bond motifs is 1. The number of benzene rings is 1. The number of aryl methyl sites for hydroxylation is 2. The molecule has 0 amide bonds. The molecule has 0 bridgehead atoms. The summed E-state index contributed by atoms with van der Waals surface area (Å²) < 4.78 is 0. The van der Waals surface area contributed by atoms with Gasteiger partial charge in [-0.15, -0.1) is 0 Å². The molecule has 1 aliphatic carbocycles. The van der Waals surface area contributed by atoms with Gasteiger partial charge in [0.15, 0.2) is 0 Å². The zero-order valence-electron chi connectivity index (χ0n) is 12.0. The summed E-state index contributed by atoms with van der Waals surface area (Å²) in [6, 6.07) is 7.49. The summed E-state index contributed by atoms with van der Waals surface area (Å²) in [7, 11) is 0. The van der Waals surface area contributed by atoms with Gasteiger partial charge >= 0.3 is 0 Å². The van der Waals surface area contributed by atoms with Gasteiger partial charge in [-0.3, -0.25) is 4.90 Å². The highest BCUT2D eigenvalue weighted by Crippen LogP contribution is 2.23. The first-order valence-electron chi connectivity index (χ1n) is 7.19. The van der Waals surface area contributed by atoms with E-state index in [1.54, 1.807) is 11.1 Å². The summed E-state index contributed by atoms with van der Waals surface area (Å²) >= 11 is 4.98. The third-order valence-corrected chi connectivity index (χ3v) is 4.13. The summed E-state index contributed by atoms with van der Waals surface area (Å²) in [4.78, 5) is 3.05. The average Bonchev–Trinajstić information content (AvgIpc) is 2.81. The highest BCUT2D eigenvalue weighted by Gasteiger charge is 2.14. The molecule has 0 radical (unpaired) electrons. The highest BCUT2D eigenvalue weighted by atomic mass is 32.1. The third-order valence-electron chi connectivity index (χ3n) is 3.92. The van der Waals surface area contributed by atoms with E-state index in [0.29, 0.717) is 11.0 Å². The fraction of sp³-hybridized carbons (Fsp3) is 0.562. The second-order valence-electron chi connectivity index (χ2n) is 5.74. The SMILES string of the molecule is CC(C)N(CCC(N)=S)Cc1ccc2c(c1)CCC2. The monoisotopic (exact) mass is 276 g/mol. The largest absolute Gasteiger partial charge is 0.393 e. The number of hydrogen-bond donors (Lipinski definition) is 1. The van der Waals surface area contributed by atoms with Crippen LogP contribution in [0.1, 0.15) is 43.4 Å². The maximum absolute atomic E-state index is 5.61. The van der Waals surface area contributed by atoms with Crippen LogP contribution >= 0.6 is 12.2 Å². The molecule has 0 aromatic heterocycles.